The van der Waals surface area contributed by atoms with Gasteiger partial charge < -0.3 is 20.1 Å². The quantitative estimate of drug-likeness (QED) is 0.862. The number of likely N-dealkylation sites (tertiary alicyclic amines) is 1. The number of aliphatic hydroxyl groups is 1. The number of halogens is 1. The van der Waals surface area contributed by atoms with Crippen LogP contribution in [0.25, 0.3) is 0 Å². The van der Waals surface area contributed by atoms with Crippen LogP contribution in [0.15, 0.2) is 12.1 Å². The fourth-order valence-electron chi connectivity index (χ4n) is 2.25. The summed E-state index contributed by atoms with van der Waals surface area (Å²) in [7, 11) is 0. The Hall–Kier alpha value is -1.60. The third-order valence-corrected chi connectivity index (χ3v) is 3.27. The molecule has 122 valence electrons. The minimum atomic E-state index is -0.612. The van der Waals surface area contributed by atoms with Crippen molar-refractivity contribution in [2.75, 3.05) is 18.4 Å². The summed E-state index contributed by atoms with van der Waals surface area (Å²) < 4.78 is 5.34. The molecule has 1 aliphatic heterocycles. The van der Waals surface area contributed by atoms with Gasteiger partial charge in [-0.1, -0.05) is 11.6 Å². The molecule has 1 saturated heterocycles. The molecule has 1 amide bonds. The van der Waals surface area contributed by atoms with Crippen LogP contribution in [0.5, 0.6) is 0 Å². The molecule has 0 radical (unpaired) electrons. The molecule has 1 aliphatic rings. The van der Waals surface area contributed by atoms with Gasteiger partial charge in [0, 0.05) is 12.6 Å². The molecule has 0 aliphatic carbocycles. The van der Waals surface area contributed by atoms with E-state index in [0.29, 0.717) is 23.9 Å². The Morgan fingerprint density at radius 1 is 1.41 bits per heavy atom. The van der Waals surface area contributed by atoms with Crippen LogP contribution in [0.1, 0.15) is 27.2 Å². The number of carbonyl (C=O) groups is 1. The van der Waals surface area contributed by atoms with E-state index in [0.717, 1.165) is 0 Å². The molecule has 0 saturated carbocycles. The maximum atomic E-state index is 12.1. The van der Waals surface area contributed by atoms with E-state index in [9.17, 15) is 9.90 Å². The van der Waals surface area contributed by atoms with Gasteiger partial charge in [0.15, 0.2) is 5.15 Å². The molecule has 2 rings (SSSR count). The maximum Gasteiger partial charge on any atom is 0.410 e. The normalized spacial score (nSPS) is 22.3. The number of piperidine rings is 1. The van der Waals surface area contributed by atoms with E-state index in [4.69, 9.17) is 16.3 Å². The van der Waals surface area contributed by atoms with E-state index in [-0.39, 0.29) is 12.6 Å². The minimum Gasteiger partial charge on any atom is -0.444 e. The molecule has 7 nitrogen and oxygen atoms in total. The van der Waals surface area contributed by atoms with E-state index in [1.807, 2.05) is 20.8 Å². The number of amides is 1. The summed E-state index contributed by atoms with van der Waals surface area (Å²) in [5.41, 5.74) is -0.565. The van der Waals surface area contributed by atoms with E-state index in [1.54, 1.807) is 12.1 Å². The topological polar surface area (TPSA) is 87.6 Å². The third-order valence-electron chi connectivity index (χ3n) is 3.06. The van der Waals surface area contributed by atoms with Gasteiger partial charge in [-0.25, -0.2) is 4.79 Å². The predicted octanol–water partition coefficient (Wildman–Crippen LogP) is 1.91. The van der Waals surface area contributed by atoms with Crippen LogP contribution < -0.4 is 5.32 Å². The maximum absolute atomic E-state index is 12.1. The van der Waals surface area contributed by atoms with Gasteiger partial charge in [0.25, 0.3) is 0 Å². The standard InChI is InChI=1S/C14H21ClN4O3/c1-14(2,3)22-13(21)19-7-9(6-10(20)8-19)16-12-5-4-11(15)17-18-12/h4-5,9-10,20H,6-8H2,1-3H3,(H,16,18)/t9-,10+/m1/s1. The molecule has 0 spiro atoms. The van der Waals surface area contributed by atoms with Gasteiger partial charge in [0.1, 0.15) is 11.4 Å². The predicted molar refractivity (Wildman–Crippen MR) is 82.9 cm³/mol. The van der Waals surface area contributed by atoms with Crippen molar-refractivity contribution in [3.8, 4) is 0 Å². The fraction of sp³-hybridized carbons (Fsp3) is 0.643. The van der Waals surface area contributed by atoms with Crippen LogP contribution >= 0.6 is 11.6 Å². The number of carbonyl (C=O) groups excluding carboxylic acids is 1. The number of anilines is 1. The summed E-state index contributed by atoms with van der Waals surface area (Å²) in [6.07, 6.45) is -0.525. The highest BCUT2D eigenvalue weighted by molar-refractivity contribution is 6.29. The summed E-state index contributed by atoms with van der Waals surface area (Å²) in [4.78, 5) is 13.6. The Bertz CT molecular complexity index is 518. The number of rotatable bonds is 2. The van der Waals surface area contributed by atoms with Crippen LogP contribution in [0.3, 0.4) is 0 Å². The van der Waals surface area contributed by atoms with E-state index in [1.165, 1.54) is 4.90 Å². The van der Waals surface area contributed by atoms with Crippen molar-refractivity contribution in [3.63, 3.8) is 0 Å². The van der Waals surface area contributed by atoms with E-state index < -0.39 is 17.8 Å². The summed E-state index contributed by atoms with van der Waals surface area (Å²) >= 11 is 5.69. The molecule has 8 heteroatoms. The second-order valence-corrected chi connectivity index (χ2v) is 6.74. The lowest BCUT2D eigenvalue weighted by atomic mass is 10.0. The molecule has 0 unspecified atom stereocenters. The number of aromatic nitrogens is 2. The van der Waals surface area contributed by atoms with Crippen LogP contribution in [0.2, 0.25) is 5.15 Å². The molecule has 1 aromatic rings. The molecular formula is C14H21ClN4O3. The smallest absolute Gasteiger partial charge is 0.410 e. The van der Waals surface area contributed by atoms with Gasteiger partial charge in [0.2, 0.25) is 0 Å². The van der Waals surface area contributed by atoms with Crippen LogP contribution in [-0.4, -0.2) is 57.1 Å². The van der Waals surface area contributed by atoms with Crippen molar-refractivity contribution in [2.45, 2.75) is 44.9 Å². The zero-order valence-electron chi connectivity index (χ0n) is 12.9. The fourth-order valence-corrected chi connectivity index (χ4v) is 2.36. The minimum absolute atomic E-state index is 0.133. The number of ether oxygens (including phenoxy) is 1. The Kier molecular flexibility index (Phi) is 5.08. The first-order valence-electron chi connectivity index (χ1n) is 7.15. The lowest BCUT2D eigenvalue weighted by Gasteiger charge is -2.36. The van der Waals surface area contributed by atoms with Gasteiger partial charge >= 0.3 is 6.09 Å². The van der Waals surface area contributed by atoms with Crippen molar-refractivity contribution in [3.05, 3.63) is 17.3 Å². The SMILES string of the molecule is CC(C)(C)OC(=O)N1C[C@@H](O)C[C@@H](Nc2ccc(Cl)nn2)C1. The Morgan fingerprint density at radius 3 is 2.73 bits per heavy atom. The first kappa shape index (κ1) is 16.8. The molecule has 0 bridgehead atoms. The molecule has 2 N–H and O–H groups in total. The first-order valence-corrected chi connectivity index (χ1v) is 7.52. The largest absolute Gasteiger partial charge is 0.444 e. The van der Waals surface area contributed by atoms with Gasteiger partial charge in [-0.15, -0.1) is 10.2 Å². The second kappa shape index (κ2) is 6.66. The molecule has 0 aromatic carbocycles. The van der Waals surface area contributed by atoms with Gasteiger partial charge in [-0.3, -0.25) is 0 Å². The molecule has 1 aromatic heterocycles. The lowest BCUT2D eigenvalue weighted by molar-refractivity contribution is 0.00178. The number of β-amino-alcohol motifs (C(OH)–C–C–N with tert-alkyl or cyclic N) is 1. The van der Waals surface area contributed by atoms with Crippen molar-refractivity contribution >= 4 is 23.5 Å². The summed E-state index contributed by atoms with van der Waals surface area (Å²) in [5, 5.41) is 21.1. The zero-order chi connectivity index (χ0) is 16.3. The highest BCUT2D eigenvalue weighted by Gasteiger charge is 2.31. The molecule has 2 atom stereocenters. The van der Waals surface area contributed by atoms with Crippen molar-refractivity contribution in [1.82, 2.24) is 15.1 Å². The monoisotopic (exact) mass is 328 g/mol. The van der Waals surface area contributed by atoms with Gasteiger partial charge in [-0.2, -0.15) is 0 Å². The lowest BCUT2D eigenvalue weighted by Crippen LogP contribution is -2.52. The highest BCUT2D eigenvalue weighted by Crippen LogP contribution is 2.18. The first-order chi connectivity index (χ1) is 10.2. The van der Waals surface area contributed by atoms with Gasteiger partial charge in [-0.05, 0) is 39.3 Å². The molecule has 22 heavy (non-hydrogen) atoms. The van der Waals surface area contributed by atoms with Crippen LogP contribution in [0, 0.1) is 0 Å². The molecule has 1 fully saturated rings. The van der Waals surface area contributed by atoms with E-state index >= 15 is 0 Å². The number of nitrogens with zero attached hydrogens (tertiary/aromatic N) is 3. The zero-order valence-corrected chi connectivity index (χ0v) is 13.7. The van der Waals surface area contributed by atoms with E-state index in [2.05, 4.69) is 15.5 Å². The molecular weight excluding hydrogens is 308 g/mol. The number of hydrogen-bond acceptors (Lipinski definition) is 6. The second-order valence-electron chi connectivity index (χ2n) is 6.36. The van der Waals surface area contributed by atoms with Crippen molar-refractivity contribution < 1.29 is 14.6 Å². The van der Waals surface area contributed by atoms with Crippen LogP contribution in [0.4, 0.5) is 10.6 Å². The number of hydrogen-bond donors (Lipinski definition) is 2. The van der Waals surface area contributed by atoms with Crippen molar-refractivity contribution in [2.24, 2.45) is 0 Å². The number of nitrogens with one attached hydrogen (secondary N) is 1. The number of aliphatic hydroxyl groups excluding tert-OH is 1. The van der Waals surface area contributed by atoms with Crippen LogP contribution in [-0.2, 0) is 4.74 Å². The Morgan fingerprint density at radius 2 is 2.14 bits per heavy atom. The Balaban J connectivity index is 1.98. The van der Waals surface area contributed by atoms with Crippen molar-refractivity contribution in [1.29, 1.82) is 0 Å². The highest BCUT2D eigenvalue weighted by atomic mass is 35.5. The summed E-state index contributed by atoms with van der Waals surface area (Å²) in [6.45, 7) is 6.12. The average Bonchev–Trinajstić information content (AvgIpc) is 2.39. The summed E-state index contributed by atoms with van der Waals surface area (Å²) in [6, 6.07) is 3.20. The average molecular weight is 329 g/mol. The summed E-state index contributed by atoms with van der Waals surface area (Å²) in [5.74, 6) is 0.549. The van der Waals surface area contributed by atoms with Gasteiger partial charge in [0.05, 0.1) is 12.6 Å². The molecule has 2 heterocycles. The Labute approximate surface area is 134 Å². The third kappa shape index (κ3) is 4.99.